The van der Waals surface area contributed by atoms with Crippen molar-refractivity contribution in [2.75, 3.05) is 66.7 Å². The molecule has 6 aromatic rings. The summed E-state index contributed by atoms with van der Waals surface area (Å²) in [5.74, 6) is 1.67. The highest BCUT2D eigenvalue weighted by molar-refractivity contribution is 6.45. The molecule has 2 aromatic carbocycles. The summed E-state index contributed by atoms with van der Waals surface area (Å²) in [7, 11) is 2.99. The Bertz CT molecular complexity index is 2460. The van der Waals surface area contributed by atoms with E-state index in [2.05, 4.69) is 54.2 Å². The predicted octanol–water partition coefficient (Wildman–Crippen LogP) is 8.66. The van der Waals surface area contributed by atoms with Crippen LogP contribution in [0.5, 0.6) is 11.5 Å². The molecule has 4 atom stereocenters. The van der Waals surface area contributed by atoms with Crippen molar-refractivity contribution >= 4 is 30.3 Å². The van der Waals surface area contributed by atoms with E-state index in [0.717, 1.165) is 104 Å². The maximum Gasteiger partial charge on any atom is 0.376 e. The predicted molar refractivity (Wildman–Crippen MR) is 274 cm³/mol. The molecular weight excluding hydrogens is 910 g/mol. The first-order valence-corrected chi connectivity index (χ1v) is 24.5. The number of benzene rings is 2. The number of nitrogens with one attached hydrogen (secondary N) is 1. The average Bonchev–Trinajstić information content (AvgIpc) is 3.64. The van der Waals surface area contributed by atoms with Crippen LogP contribution < -0.4 is 14.8 Å². The SMILES string of the molecule is COCC[C@H]1CN(C2c3ccc(Cl)cc3OCc3cccnc32)CCN1.COCC[C@H]1CN(C2c3ccc(Cl)cc3OCc3cccnc32)CCN1B(C)O.Cc1cccnc1.Cc1cccnc1. The van der Waals surface area contributed by atoms with Crippen LogP contribution in [0.4, 0.5) is 0 Å². The number of hydrogen-bond acceptors (Lipinski definition) is 13. The number of ether oxygens (including phenoxy) is 4. The molecule has 4 aliphatic rings. The zero-order valence-corrected chi connectivity index (χ0v) is 41.9. The number of rotatable bonds is 9. The van der Waals surface area contributed by atoms with Crippen LogP contribution in [0.1, 0.15) is 69.7 Å². The van der Waals surface area contributed by atoms with Gasteiger partial charge in [0.15, 0.2) is 0 Å². The number of nitrogens with zero attached hydrogens (tertiary/aromatic N) is 7. The minimum absolute atomic E-state index is 0.0119. The first kappa shape index (κ1) is 51.8. The minimum Gasteiger partial charge on any atom is -0.488 e. The summed E-state index contributed by atoms with van der Waals surface area (Å²) in [5.41, 5.74) is 8.99. The number of aromatic nitrogens is 4. The molecule has 0 spiro atoms. The third-order valence-corrected chi connectivity index (χ3v) is 13.1. The van der Waals surface area contributed by atoms with E-state index in [9.17, 15) is 5.02 Å². The zero-order chi connectivity index (χ0) is 48.5. The molecule has 0 bridgehead atoms. The van der Waals surface area contributed by atoms with Crippen LogP contribution in [0.25, 0.3) is 0 Å². The maximum absolute atomic E-state index is 10.3. The van der Waals surface area contributed by atoms with Gasteiger partial charge in [0.2, 0.25) is 0 Å². The van der Waals surface area contributed by atoms with E-state index >= 15 is 0 Å². The second kappa shape index (κ2) is 26.3. The second-order valence-corrected chi connectivity index (χ2v) is 18.5. The van der Waals surface area contributed by atoms with Crippen LogP contribution in [0, 0.1) is 13.8 Å². The molecule has 4 aliphatic heterocycles. The molecule has 10 rings (SSSR count). The molecule has 8 heterocycles. The van der Waals surface area contributed by atoms with Crippen molar-refractivity contribution in [3.63, 3.8) is 0 Å². The Morgan fingerprint density at radius 3 is 1.68 bits per heavy atom. The molecule has 2 N–H and O–H groups in total. The van der Waals surface area contributed by atoms with Gasteiger partial charge >= 0.3 is 7.05 Å². The van der Waals surface area contributed by atoms with Crippen molar-refractivity contribution in [1.82, 2.24) is 39.9 Å². The summed E-state index contributed by atoms with van der Waals surface area (Å²) in [6.07, 6.45) is 12.8. The van der Waals surface area contributed by atoms with Gasteiger partial charge in [-0.1, -0.05) is 59.6 Å². The van der Waals surface area contributed by atoms with Gasteiger partial charge in [-0.25, -0.2) is 0 Å². The maximum atomic E-state index is 10.3. The average molecular weight is 976 g/mol. The fraction of sp³-hybridized carbons (Fsp3) is 0.396. The Balaban J connectivity index is 0.000000159. The summed E-state index contributed by atoms with van der Waals surface area (Å²) in [6.45, 7) is 13.6. The van der Waals surface area contributed by atoms with Gasteiger partial charge in [-0.3, -0.25) is 29.7 Å². The summed E-state index contributed by atoms with van der Waals surface area (Å²) in [4.78, 5) is 24.4. The largest absolute Gasteiger partial charge is 0.488 e. The normalized spacial score (nSPS) is 19.8. The summed E-state index contributed by atoms with van der Waals surface area (Å²) in [6, 6.07) is 28.5. The van der Waals surface area contributed by atoms with E-state index in [4.69, 9.17) is 52.1 Å². The summed E-state index contributed by atoms with van der Waals surface area (Å²) >= 11 is 12.5. The molecule has 0 aliphatic carbocycles. The monoisotopic (exact) mass is 974 g/mol. The highest BCUT2D eigenvalue weighted by Gasteiger charge is 2.38. The zero-order valence-electron chi connectivity index (χ0n) is 40.4. The van der Waals surface area contributed by atoms with Gasteiger partial charge in [0.25, 0.3) is 0 Å². The quantitative estimate of drug-likeness (QED) is 0.134. The Kier molecular flexibility index (Phi) is 19.7. The second-order valence-electron chi connectivity index (χ2n) is 17.6. The van der Waals surface area contributed by atoms with Crippen molar-refractivity contribution in [3.05, 3.63) is 177 Å². The van der Waals surface area contributed by atoms with E-state index < -0.39 is 7.05 Å². The molecule has 0 radical (unpaired) electrons. The van der Waals surface area contributed by atoms with Crippen molar-refractivity contribution < 1.29 is 24.0 Å². The highest BCUT2D eigenvalue weighted by Crippen LogP contribution is 2.42. The lowest BCUT2D eigenvalue weighted by atomic mass is 9.81. The number of aryl methyl sites for hydroxylation is 2. The summed E-state index contributed by atoms with van der Waals surface area (Å²) in [5, 5.41) is 15.2. The Hall–Kier alpha value is -5.00. The van der Waals surface area contributed by atoms with E-state index in [1.807, 2.05) is 106 Å². The number of halogens is 2. The molecule has 69 heavy (non-hydrogen) atoms. The standard InChI is InChI=1S/C21H27BClN3O3.C20H24ClN3O2.2C6H7N/c1-22(27)26-10-9-25(13-17(26)7-11-28-2)21-18-6-5-16(23)12-19(18)29-14-15-4-3-8-24-20(15)21;1-25-10-6-16-12-24(9-8-22-16)20-17-5-4-15(21)11-18(17)26-13-14-3-2-7-23-19(14)20;2*1-6-3-2-4-7-5-6/h3-6,8,12,17,21,27H,7,9-11,13-14H2,1-2H3;2-5,7,11,16,20,22H,6,8-10,12-13H2,1H3;2*2-5H,1H3/t17-,21?;16-,20?;;/m00../s1. The fourth-order valence-electron chi connectivity index (χ4n) is 9.27. The molecule has 364 valence electrons. The van der Waals surface area contributed by atoms with Gasteiger partial charge < -0.3 is 34.1 Å². The van der Waals surface area contributed by atoms with Crippen LogP contribution >= 0.6 is 23.2 Å². The van der Waals surface area contributed by atoms with Crippen molar-refractivity contribution in [2.45, 2.75) is 70.9 Å². The molecule has 4 aromatic heterocycles. The fourth-order valence-corrected chi connectivity index (χ4v) is 9.59. The van der Waals surface area contributed by atoms with E-state index in [1.54, 1.807) is 26.6 Å². The van der Waals surface area contributed by atoms with Crippen LogP contribution in [-0.2, 0) is 22.7 Å². The van der Waals surface area contributed by atoms with Gasteiger partial charge in [0.05, 0.1) is 23.5 Å². The third-order valence-electron chi connectivity index (χ3n) is 12.7. The number of piperazine rings is 2. The van der Waals surface area contributed by atoms with E-state index in [-0.39, 0.29) is 18.1 Å². The van der Waals surface area contributed by atoms with E-state index in [1.165, 1.54) is 11.1 Å². The smallest absolute Gasteiger partial charge is 0.376 e. The molecule has 2 unspecified atom stereocenters. The minimum atomic E-state index is -0.479. The lowest BCUT2D eigenvalue weighted by Crippen LogP contribution is -2.58. The topological polar surface area (TPSA) is 130 Å². The molecule has 16 heteroatoms. The highest BCUT2D eigenvalue weighted by atomic mass is 35.5. The first-order chi connectivity index (χ1) is 33.6. The number of hydrogen-bond donors (Lipinski definition) is 2. The van der Waals surface area contributed by atoms with Crippen molar-refractivity contribution in [1.29, 1.82) is 0 Å². The van der Waals surface area contributed by atoms with Crippen molar-refractivity contribution in [3.8, 4) is 11.5 Å². The lowest BCUT2D eigenvalue weighted by molar-refractivity contribution is 0.0743. The number of methoxy groups -OCH3 is 2. The lowest BCUT2D eigenvalue weighted by Gasteiger charge is -2.45. The van der Waals surface area contributed by atoms with E-state index in [0.29, 0.717) is 35.9 Å². The van der Waals surface area contributed by atoms with Crippen molar-refractivity contribution in [2.24, 2.45) is 0 Å². The van der Waals surface area contributed by atoms with Gasteiger partial charge in [0.1, 0.15) is 24.7 Å². The van der Waals surface area contributed by atoms with Gasteiger partial charge in [-0.05, 0) is 93.2 Å². The van der Waals surface area contributed by atoms with Gasteiger partial charge in [0, 0.05) is 148 Å². The van der Waals surface area contributed by atoms with Crippen LogP contribution in [0.15, 0.2) is 122 Å². The Morgan fingerprint density at radius 2 is 1.20 bits per heavy atom. The Labute approximate surface area is 418 Å². The Morgan fingerprint density at radius 1 is 0.681 bits per heavy atom. The van der Waals surface area contributed by atoms with Crippen LogP contribution in [0.2, 0.25) is 16.9 Å². The molecule has 0 amide bonds. The molecule has 2 fully saturated rings. The number of pyridine rings is 4. The van der Waals surface area contributed by atoms with Crippen LogP contribution in [-0.4, -0.2) is 125 Å². The first-order valence-electron chi connectivity index (χ1n) is 23.7. The molecule has 13 nitrogen and oxygen atoms in total. The summed E-state index contributed by atoms with van der Waals surface area (Å²) < 4.78 is 22.8. The molecule has 2 saturated heterocycles. The van der Waals surface area contributed by atoms with Crippen LogP contribution in [0.3, 0.4) is 0 Å². The molecule has 0 saturated carbocycles. The number of fused-ring (bicyclic) bond motifs is 4. The third kappa shape index (κ3) is 14.3. The molecular formula is C53H65BCl2N8O5. The van der Waals surface area contributed by atoms with Gasteiger partial charge in [-0.2, -0.15) is 0 Å². The van der Waals surface area contributed by atoms with Gasteiger partial charge in [-0.15, -0.1) is 0 Å².